The summed E-state index contributed by atoms with van der Waals surface area (Å²) >= 11 is 3.07. The van der Waals surface area contributed by atoms with Crippen molar-refractivity contribution in [2.45, 2.75) is 45.2 Å². The van der Waals surface area contributed by atoms with E-state index in [0.717, 1.165) is 27.9 Å². The Morgan fingerprint density at radius 2 is 1.55 bits per heavy atom. The molecule has 14 heteroatoms. The highest BCUT2D eigenvalue weighted by Gasteiger charge is 2.36. The summed E-state index contributed by atoms with van der Waals surface area (Å²) in [6.07, 6.45) is 4.51. The zero-order valence-electron chi connectivity index (χ0n) is 25.9. The fourth-order valence-corrected chi connectivity index (χ4v) is 7.62. The molecule has 1 unspecified atom stereocenters. The van der Waals surface area contributed by atoms with E-state index in [1.54, 1.807) is 41.8 Å². The molecule has 2 atom stereocenters. The van der Waals surface area contributed by atoms with Gasteiger partial charge in [0.1, 0.15) is 21.4 Å². The maximum atomic E-state index is 11.7. The minimum Gasteiger partial charge on any atom is -0.478 e. The summed E-state index contributed by atoms with van der Waals surface area (Å²) in [6, 6.07) is 9.71. The van der Waals surface area contributed by atoms with Gasteiger partial charge in [0, 0.05) is 54.2 Å². The number of fused-ring (bicyclic) bond motifs is 2. The van der Waals surface area contributed by atoms with Crippen LogP contribution < -0.4 is 9.80 Å². The minimum absolute atomic E-state index is 0.0337. The number of carboxylic acids is 2. The third kappa shape index (κ3) is 5.52. The van der Waals surface area contributed by atoms with Crippen molar-refractivity contribution in [2.75, 3.05) is 23.4 Å². The average molecular weight is 667 g/mol. The molecule has 0 aliphatic carbocycles. The molecule has 1 fully saturated rings. The number of rotatable bonds is 8. The molecule has 7 rings (SSSR count). The van der Waals surface area contributed by atoms with Crippen LogP contribution in [0.3, 0.4) is 0 Å². The van der Waals surface area contributed by atoms with E-state index in [0.29, 0.717) is 45.1 Å². The maximum Gasteiger partial charge on any atom is 0.335 e. The minimum atomic E-state index is -1.02. The molecule has 6 aromatic rings. The summed E-state index contributed by atoms with van der Waals surface area (Å²) in [6.45, 7) is 7.00. The monoisotopic (exact) mass is 666 g/mol. The Morgan fingerprint density at radius 3 is 2.17 bits per heavy atom. The molecular weight excluding hydrogens is 637 g/mol. The number of aromatic nitrogens is 6. The van der Waals surface area contributed by atoms with Gasteiger partial charge in [0.2, 0.25) is 0 Å². The molecule has 1 aliphatic heterocycles. The Balaban J connectivity index is 1.26. The van der Waals surface area contributed by atoms with Gasteiger partial charge in [0.05, 0.1) is 33.2 Å². The predicted molar refractivity (Wildman–Crippen MR) is 183 cm³/mol. The zero-order valence-corrected chi connectivity index (χ0v) is 27.6. The smallest absolute Gasteiger partial charge is 0.335 e. The van der Waals surface area contributed by atoms with Gasteiger partial charge in [-0.1, -0.05) is 0 Å². The van der Waals surface area contributed by atoms with Gasteiger partial charge >= 0.3 is 11.9 Å². The van der Waals surface area contributed by atoms with Gasteiger partial charge in [-0.05, 0) is 63.6 Å². The van der Waals surface area contributed by atoms with E-state index in [2.05, 4.69) is 30.7 Å². The number of hydrogen-bond donors (Lipinski definition) is 2. The maximum absolute atomic E-state index is 11.7. The summed E-state index contributed by atoms with van der Waals surface area (Å²) in [5.41, 5.74) is 3.87. The normalized spacial score (nSPS) is 16.4. The molecule has 2 aromatic carbocycles. The van der Waals surface area contributed by atoms with Crippen molar-refractivity contribution in [3.8, 4) is 21.4 Å². The van der Waals surface area contributed by atoms with E-state index in [1.165, 1.54) is 23.5 Å². The van der Waals surface area contributed by atoms with Gasteiger partial charge in [-0.25, -0.2) is 39.5 Å². The number of anilines is 2. The molecule has 1 saturated heterocycles. The second-order valence-corrected chi connectivity index (χ2v) is 13.7. The van der Waals surface area contributed by atoms with Gasteiger partial charge in [0.25, 0.3) is 0 Å². The lowest BCUT2D eigenvalue weighted by Crippen LogP contribution is -2.30. The molecule has 0 radical (unpaired) electrons. The Bertz CT molecular complexity index is 2170. The summed E-state index contributed by atoms with van der Waals surface area (Å²) in [7, 11) is 1.94. The molecule has 12 nitrogen and oxygen atoms in total. The van der Waals surface area contributed by atoms with Gasteiger partial charge in [-0.2, -0.15) is 0 Å². The van der Waals surface area contributed by atoms with Gasteiger partial charge in [-0.3, -0.25) is 0 Å². The molecular formula is C33H30N8O4S2. The van der Waals surface area contributed by atoms with Crippen LogP contribution in [-0.4, -0.2) is 77.7 Å². The van der Waals surface area contributed by atoms with Crippen LogP contribution in [0.5, 0.6) is 0 Å². The molecule has 0 amide bonds. The second-order valence-electron chi connectivity index (χ2n) is 11.7. The van der Waals surface area contributed by atoms with E-state index in [1.807, 2.05) is 23.5 Å². The molecule has 0 spiro atoms. The van der Waals surface area contributed by atoms with E-state index >= 15 is 0 Å². The first-order valence-electron chi connectivity index (χ1n) is 15.0. The highest BCUT2D eigenvalue weighted by atomic mass is 32.1. The first-order chi connectivity index (χ1) is 22.6. The predicted octanol–water partition coefficient (Wildman–Crippen LogP) is 6.44. The molecule has 4 aromatic heterocycles. The molecule has 0 bridgehead atoms. The van der Waals surface area contributed by atoms with E-state index in [4.69, 9.17) is 24.9 Å². The first kappa shape index (κ1) is 30.6. The third-order valence-electron chi connectivity index (χ3n) is 8.65. The van der Waals surface area contributed by atoms with Crippen LogP contribution in [0.15, 0.2) is 54.2 Å². The van der Waals surface area contributed by atoms with Crippen molar-refractivity contribution >= 4 is 68.3 Å². The fourth-order valence-electron chi connectivity index (χ4n) is 5.86. The van der Waals surface area contributed by atoms with E-state index < -0.39 is 11.9 Å². The standard InChI is InChI=1S/C33H30N8O4S2/c1-16(2)40(4)28-26(36-21-7-5-18(32(42)43)13-23(21)38-28)31-35-15-25(47-31)20-9-11-41(17(20)3)29-27(30-34-10-12-46-30)37-22-8-6-19(33(44)45)14-24(22)39-29/h5-8,10,12-17,20H,9,11H2,1-4H3,(H,42,43)(H,44,45)/t17-,20?/m0/s1. The van der Waals surface area contributed by atoms with Crippen molar-refractivity contribution in [1.29, 1.82) is 0 Å². The highest BCUT2D eigenvalue weighted by molar-refractivity contribution is 7.15. The molecule has 0 saturated carbocycles. The van der Waals surface area contributed by atoms with Crippen LogP contribution in [0.25, 0.3) is 43.5 Å². The topological polar surface area (TPSA) is 158 Å². The zero-order chi connectivity index (χ0) is 33.0. The van der Waals surface area contributed by atoms with Crippen molar-refractivity contribution in [3.63, 3.8) is 0 Å². The molecule has 1 aliphatic rings. The van der Waals surface area contributed by atoms with Crippen LogP contribution in [0.1, 0.15) is 58.7 Å². The van der Waals surface area contributed by atoms with Crippen molar-refractivity contribution in [2.24, 2.45) is 0 Å². The molecule has 238 valence electrons. The van der Waals surface area contributed by atoms with Crippen molar-refractivity contribution in [3.05, 3.63) is 70.2 Å². The molecule has 2 N–H and O–H groups in total. The fraction of sp³-hybridized carbons (Fsp3) is 0.273. The van der Waals surface area contributed by atoms with Gasteiger partial charge in [0.15, 0.2) is 11.6 Å². The number of aromatic carboxylic acids is 2. The van der Waals surface area contributed by atoms with Crippen LogP contribution in [-0.2, 0) is 0 Å². The summed E-state index contributed by atoms with van der Waals surface area (Å²) < 4.78 is 0. The summed E-state index contributed by atoms with van der Waals surface area (Å²) in [5.74, 6) is -0.571. The SMILES string of the molecule is CC(C)N(C)c1nc2cc(C(=O)O)ccc2nc1-c1ncc(C2CCN(c3nc4cc(C(=O)O)ccc4nc3-c3nccs3)[C@H]2C)s1. The number of carbonyl (C=O) groups is 2. The summed E-state index contributed by atoms with van der Waals surface area (Å²) in [4.78, 5) is 57.7. The molecule has 5 heterocycles. The first-order valence-corrected chi connectivity index (χ1v) is 16.7. The van der Waals surface area contributed by atoms with Crippen LogP contribution >= 0.6 is 22.7 Å². The number of carboxylic acid groups (broad SMARTS) is 2. The van der Waals surface area contributed by atoms with Gasteiger partial charge in [-0.15, -0.1) is 22.7 Å². The number of nitrogens with zero attached hydrogens (tertiary/aromatic N) is 8. The second kappa shape index (κ2) is 11.9. The van der Waals surface area contributed by atoms with Gasteiger partial charge < -0.3 is 20.0 Å². The summed E-state index contributed by atoms with van der Waals surface area (Å²) in [5, 5.41) is 22.5. The number of benzene rings is 2. The lowest BCUT2D eigenvalue weighted by molar-refractivity contribution is 0.0686. The quantitative estimate of drug-likeness (QED) is 0.183. The Labute approximate surface area is 277 Å². The van der Waals surface area contributed by atoms with Crippen LogP contribution in [0.2, 0.25) is 0 Å². The van der Waals surface area contributed by atoms with Crippen molar-refractivity contribution in [1.82, 2.24) is 29.9 Å². The largest absolute Gasteiger partial charge is 0.478 e. The Hall–Kier alpha value is -5.08. The molecule has 47 heavy (non-hydrogen) atoms. The van der Waals surface area contributed by atoms with Crippen LogP contribution in [0, 0.1) is 0 Å². The number of hydrogen-bond acceptors (Lipinski definition) is 12. The Kier molecular flexibility index (Phi) is 7.76. The third-order valence-corrected chi connectivity index (χ3v) is 10.6. The lowest BCUT2D eigenvalue weighted by atomic mass is 10.0. The van der Waals surface area contributed by atoms with E-state index in [-0.39, 0.29) is 29.1 Å². The highest BCUT2D eigenvalue weighted by Crippen LogP contribution is 2.43. The average Bonchev–Trinajstić information content (AvgIpc) is 3.84. The number of thiazole rings is 2. The van der Waals surface area contributed by atoms with Crippen molar-refractivity contribution < 1.29 is 19.8 Å². The Morgan fingerprint density at radius 1 is 0.894 bits per heavy atom. The van der Waals surface area contributed by atoms with Crippen LogP contribution in [0.4, 0.5) is 11.6 Å². The van der Waals surface area contributed by atoms with E-state index in [9.17, 15) is 19.8 Å². The lowest BCUT2D eigenvalue weighted by Gasteiger charge is -2.27.